The molecule has 3 nitrogen and oxygen atoms in total. The molecule has 0 saturated heterocycles. The zero-order valence-electron chi connectivity index (χ0n) is 11.8. The minimum absolute atomic E-state index is 0. The molecule has 0 saturated carbocycles. The van der Waals surface area contributed by atoms with Crippen LogP contribution >= 0.6 is 12.4 Å². The van der Waals surface area contributed by atoms with E-state index in [9.17, 15) is 4.79 Å². The van der Waals surface area contributed by atoms with Gasteiger partial charge in [-0.25, -0.2) is 0 Å². The molecule has 0 aromatic heterocycles. The van der Waals surface area contributed by atoms with Crippen molar-refractivity contribution in [2.45, 2.75) is 32.6 Å². The van der Waals surface area contributed by atoms with Crippen LogP contribution in [0.25, 0.3) is 0 Å². The molecule has 0 radical (unpaired) electrons. The maximum absolute atomic E-state index is 11.6. The summed E-state index contributed by atoms with van der Waals surface area (Å²) in [6, 6.07) is 10.3. The van der Waals surface area contributed by atoms with Crippen LogP contribution in [-0.4, -0.2) is 19.0 Å². The summed E-state index contributed by atoms with van der Waals surface area (Å²) in [6.07, 6.45) is 1.28. The normalized spacial score (nSPS) is 11.8. The summed E-state index contributed by atoms with van der Waals surface area (Å²) in [7, 11) is 0. The monoisotopic (exact) mass is 284 g/mol. The van der Waals surface area contributed by atoms with Crippen molar-refractivity contribution < 1.29 is 4.79 Å². The highest BCUT2D eigenvalue weighted by atomic mass is 35.5. The van der Waals surface area contributed by atoms with Crippen molar-refractivity contribution in [2.75, 3.05) is 13.1 Å². The first-order valence-electron chi connectivity index (χ1n) is 6.67. The molecule has 1 amide bonds. The topological polar surface area (TPSA) is 55.1 Å². The van der Waals surface area contributed by atoms with E-state index < -0.39 is 0 Å². The third-order valence-corrected chi connectivity index (χ3v) is 3.16. The summed E-state index contributed by atoms with van der Waals surface area (Å²) in [6.45, 7) is 5.64. The van der Waals surface area contributed by atoms with Gasteiger partial charge in [-0.15, -0.1) is 12.4 Å². The van der Waals surface area contributed by atoms with Crippen LogP contribution in [0.15, 0.2) is 30.3 Å². The van der Waals surface area contributed by atoms with Gasteiger partial charge in [0, 0.05) is 18.9 Å². The first kappa shape index (κ1) is 17.9. The van der Waals surface area contributed by atoms with Gasteiger partial charge in [-0.2, -0.15) is 0 Å². The van der Waals surface area contributed by atoms with E-state index in [0.29, 0.717) is 31.3 Å². The minimum Gasteiger partial charge on any atom is -0.355 e. The van der Waals surface area contributed by atoms with E-state index in [1.165, 1.54) is 5.56 Å². The Morgan fingerprint density at radius 1 is 1.26 bits per heavy atom. The molecule has 0 bridgehead atoms. The number of benzene rings is 1. The van der Waals surface area contributed by atoms with Crippen molar-refractivity contribution in [1.82, 2.24) is 5.32 Å². The van der Waals surface area contributed by atoms with Gasteiger partial charge >= 0.3 is 0 Å². The number of hydrogen-bond donors (Lipinski definition) is 2. The minimum atomic E-state index is 0. The zero-order chi connectivity index (χ0) is 13.4. The molecule has 19 heavy (non-hydrogen) atoms. The molecule has 108 valence electrons. The number of halogens is 1. The van der Waals surface area contributed by atoms with Gasteiger partial charge in [0.15, 0.2) is 0 Å². The molecule has 0 aliphatic heterocycles. The molecule has 0 spiro atoms. The molecule has 1 unspecified atom stereocenters. The van der Waals surface area contributed by atoms with Gasteiger partial charge in [0.25, 0.3) is 0 Å². The lowest BCUT2D eigenvalue weighted by atomic mass is 9.88. The maximum atomic E-state index is 11.6. The fraction of sp³-hybridized carbons (Fsp3) is 0.533. The van der Waals surface area contributed by atoms with Crippen LogP contribution in [-0.2, 0) is 4.79 Å². The fourth-order valence-electron chi connectivity index (χ4n) is 2.01. The standard InChI is InChI=1S/C15H24N2O.ClH/c1-12(2)14(13-7-4-3-5-8-13)11-17-15(18)9-6-10-16;/h3-5,7-8,12,14H,6,9-11,16H2,1-2H3,(H,17,18);1H. The SMILES string of the molecule is CC(C)C(CNC(=O)CCCN)c1ccccc1.Cl. The van der Waals surface area contributed by atoms with Crippen LogP contribution in [0.5, 0.6) is 0 Å². The van der Waals surface area contributed by atoms with Crippen LogP contribution in [0, 0.1) is 5.92 Å². The van der Waals surface area contributed by atoms with E-state index in [1.807, 2.05) is 18.2 Å². The van der Waals surface area contributed by atoms with Crippen molar-refractivity contribution in [3.8, 4) is 0 Å². The Kier molecular flexibility index (Phi) is 9.27. The van der Waals surface area contributed by atoms with Crippen LogP contribution in [0.2, 0.25) is 0 Å². The third kappa shape index (κ3) is 6.60. The smallest absolute Gasteiger partial charge is 0.220 e. The molecule has 1 aromatic carbocycles. The van der Waals surface area contributed by atoms with Crippen molar-refractivity contribution in [3.05, 3.63) is 35.9 Å². The molecule has 1 rings (SSSR count). The van der Waals surface area contributed by atoms with Crippen molar-refractivity contribution >= 4 is 18.3 Å². The summed E-state index contributed by atoms with van der Waals surface area (Å²) in [5.41, 5.74) is 6.68. The Morgan fingerprint density at radius 3 is 2.42 bits per heavy atom. The van der Waals surface area contributed by atoms with Gasteiger partial charge in [-0.3, -0.25) is 4.79 Å². The Labute approximate surface area is 122 Å². The molecule has 1 aromatic rings. The quantitative estimate of drug-likeness (QED) is 0.809. The van der Waals surface area contributed by atoms with Crippen LogP contribution in [0.3, 0.4) is 0 Å². The Hall–Kier alpha value is -1.06. The van der Waals surface area contributed by atoms with Gasteiger partial charge < -0.3 is 11.1 Å². The predicted molar refractivity (Wildman–Crippen MR) is 82.6 cm³/mol. The van der Waals surface area contributed by atoms with Gasteiger partial charge in [0.2, 0.25) is 5.91 Å². The summed E-state index contributed by atoms with van der Waals surface area (Å²) in [5, 5.41) is 3.00. The third-order valence-electron chi connectivity index (χ3n) is 3.16. The highest BCUT2D eigenvalue weighted by molar-refractivity contribution is 5.85. The fourth-order valence-corrected chi connectivity index (χ4v) is 2.01. The van der Waals surface area contributed by atoms with E-state index in [-0.39, 0.29) is 18.3 Å². The molecule has 1 atom stereocenters. The van der Waals surface area contributed by atoms with Crippen LogP contribution < -0.4 is 11.1 Å². The van der Waals surface area contributed by atoms with E-state index >= 15 is 0 Å². The highest BCUT2D eigenvalue weighted by Gasteiger charge is 2.16. The molecule has 0 aliphatic rings. The van der Waals surface area contributed by atoms with Crippen molar-refractivity contribution in [3.63, 3.8) is 0 Å². The van der Waals surface area contributed by atoms with Crippen molar-refractivity contribution in [2.24, 2.45) is 11.7 Å². The van der Waals surface area contributed by atoms with E-state index in [0.717, 1.165) is 6.42 Å². The van der Waals surface area contributed by atoms with Gasteiger partial charge in [-0.1, -0.05) is 44.2 Å². The first-order chi connectivity index (χ1) is 8.65. The largest absolute Gasteiger partial charge is 0.355 e. The first-order valence-corrected chi connectivity index (χ1v) is 6.67. The van der Waals surface area contributed by atoms with E-state index in [4.69, 9.17) is 5.73 Å². The molecular formula is C15H25ClN2O. The number of rotatable bonds is 7. The van der Waals surface area contributed by atoms with E-state index in [1.54, 1.807) is 0 Å². The number of nitrogens with two attached hydrogens (primary N) is 1. The second kappa shape index (κ2) is 9.82. The van der Waals surface area contributed by atoms with Gasteiger partial charge in [0.1, 0.15) is 0 Å². The van der Waals surface area contributed by atoms with Crippen LogP contribution in [0.4, 0.5) is 0 Å². The predicted octanol–water partition coefficient (Wildman–Crippen LogP) is 2.70. The summed E-state index contributed by atoms with van der Waals surface area (Å²) >= 11 is 0. The molecule has 3 N–H and O–H groups in total. The number of carbonyl (C=O) groups excluding carboxylic acids is 1. The number of carbonyl (C=O) groups is 1. The van der Waals surface area contributed by atoms with Gasteiger partial charge in [0.05, 0.1) is 0 Å². The van der Waals surface area contributed by atoms with Crippen molar-refractivity contribution in [1.29, 1.82) is 0 Å². The maximum Gasteiger partial charge on any atom is 0.220 e. The van der Waals surface area contributed by atoms with Crippen LogP contribution in [0.1, 0.15) is 38.2 Å². The number of nitrogens with one attached hydrogen (secondary N) is 1. The lowest BCUT2D eigenvalue weighted by Gasteiger charge is -2.21. The van der Waals surface area contributed by atoms with Gasteiger partial charge in [-0.05, 0) is 24.4 Å². The number of amides is 1. The Morgan fingerprint density at radius 2 is 1.89 bits per heavy atom. The second-order valence-corrected chi connectivity index (χ2v) is 4.96. The average molecular weight is 285 g/mol. The Balaban J connectivity index is 0.00000324. The zero-order valence-corrected chi connectivity index (χ0v) is 12.6. The van der Waals surface area contributed by atoms with E-state index in [2.05, 4.69) is 31.3 Å². The second-order valence-electron chi connectivity index (χ2n) is 4.96. The summed E-state index contributed by atoms with van der Waals surface area (Å²) in [4.78, 5) is 11.6. The molecule has 0 fully saturated rings. The Bertz CT molecular complexity index is 354. The number of hydrogen-bond acceptors (Lipinski definition) is 2. The highest BCUT2D eigenvalue weighted by Crippen LogP contribution is 2.23. The lowest BCUT2D eigenvalue weighted by Crippen LogP contribution is -2.30. The molecule has 0 heterocycles. The average Bonchev–Trinajstić information content (AvgIpc) is 2.37. The summed E-state index contributed by atoms with van der Waals surface area (Å²) < 4.78 is 0. The molecular weight excluding hydrogens is 260 g/mol. The molecule has 4 heteroatoms. The summed E-state index contributed by atoms with van der Waals surface area (Å²) in [5.74, 6) is 0.970. The molecule has 0 aliphatic carbocycles. The lowest BCUT2D eigenvalue weighted by molar-refractivity contribution is -0.121.